The van der Waals surface area contributed by atoms with E-state index < -0.39 is 0 Å². The minimum atomic E-state index is -0.0264. The first kappa shape index (κ1) is 13.8. The van der Waals surface area contributed by atoms with E-state index in [1.165, 1.54) is 30.6 Å². The van der Waals surface area contributed by atoms with Crippen LogP contribution in [0.5, 0.6) is 0 Å². The van der Waals surface area contributed by atoms with Gasteiger partial charge in [0.25, 0.3) is 5.91 Å². The highest BCUT2D eigenvalue weighted by Gasteiger charge is 2.24. The van der Waals surface area contributed by atoms with Crippen LogP contribution >= 0.6 is 22.7 Å². The normalized spacial score (nSPS) is 22.6. The van der Waals surface area contributed by atoms with Crippen molar-refractivity contribution in [1.29, 1.82) is 0 Å². The summed E-state index contributed by atoms with van der Waals surface area (Å²) >= 11 is 3.18. The van der Waals surface area contributed by atoms with E-state index in [-0.39, 0.29) is 5.91 Å². The lowest BCUT2D eigenvalue weighted by molar-refractivity contribution is 0.0906. The zero-order valence-electron chi connectivity index (χ0n) is 11.5. The van der Waals surface area contributed by atoms with Gasteiger partial charge in [0.05, 0.1) is 0 Å². The van der Waals surface area contributed by atoms with Gasteiger partial charge in [0.1, 0.15) is 10.7 Å². The largest absolute Gasteiger partial charge is 0.348 e. The number of thiazole rings is 1. The quantitative estimate of drug-likeness (QED) is 0.924. The van der Waals surface area contributed by atoms with Crippen molar-refractivity contribution in [2.75, 3.05) is 0 Å². The van der Waals surface area contributed by atoms with Crippen molar-refractivity contribution < 1.29 is 4.79 Å². The summed E-state index contributed by atoms with van der Waals surface area (Å²) in [5.74, 6) is 0.546. The molecule has 0 aromatic carbocycles. The third kappa shape index (κ3) is 2.94. The Labute approximate surface area is 127 Å². The summed E-state index contributed by atoms with van der Waals surface area (Å²) in [6.07, 6.45) is 4.80. The van der Waals surface area contributed by atoms with E-state index in [1.54, 1.807) is 11.3 Å². The standard InChI is InChI=1S/C15H18N2OS2/c1-10-4-2-3-5-12(10)16-14(18)13-9-20-15(17-13)11-6-7-19-8-11/h6-10,12H,2-5H2,1H3,(H,16,18)/t10-,12+/m0/s1. The molecule has 0 spiro atoms. The second-order valence-electron chi connectivity index (χ2n) is 5.39. The van der Waals surface area contributed by atoms with Crippen LogP contribution in [0.3, 0.4) is 0 Å². The minimum Gasteiger partial charge on any atom is -0.348 e. The van der Waals surface area contributed by atoms with Gasteiger partial charge in [0, 0.05) is 22.4 Å². The number of hydrogen-bond donors (Lipinski definition) is 1. The SMILES string of the molecule is C[C@H]1CCCC[C@H]1NC(=O)c1csc(-c2ccsc2)n1. The van der Waals surface area contributed by atoms with E-state index in [9.17, 15) is 4.79 Å². The number of nitrogens with zero attached hydrogens (tertiary/aromatic N) is 1. The molecule has 1 saturated carbocycles. The maximum Gasteiger partial charge on any atom is 0.271 e. The Kier molecular flexibility index (Phi) is 4.17. The van der Waals surface area contributed by atoms with Crippen molar-refractivity contribution in [3.63, 3.8) is 0 Å². The molecule has 1 aliphatic rings. The van der Waals surface area contributed by atoms with E-state index in [2.05, 4.69) is 22.6 Å². The number of amides is 1. The summed E-state index contributed by atoms with van der Waals surface area (Å²) in [5, 5.41) is 10.0. The van der Waals surface area contributed by atoms with Gasteiger partial charge in [-0.05, 0) is 30.2 Å². The highest BCUT2D eigenvalue weighted by molar-refractivity contribution is 7.14. The maximum absolute atomic E-state index is 12.3. The Morgan fingerprint density at radius 3 is 2.95 bits per heavy atom. The molecule has 2 aromatic rings. The molecule has 1 aliphatic carbocycles. The van der Waals surface area contributed by atoms with Crippen LogP contribution in [0.25, 0.3) is 10.6 Å². The number of rotatable bonds is 3. The third-order valence-corrected chi connectivity index (χ3v) is 5.51. The van der Waals surface area contributed by atoms with Crippen LogP contribution in [0.1, 0.15) is 43.1 Å². The van der Waals surface area contributed by atoms with Gasteiger partial charge in [-0.3, -0.25) is 4.79 Å². The molecule has 5 heteroatoms. The summed E-state index contributed by atoms with van der Waals surface area (Å²) in [6.45, 7) is 2.22. The number of carbonyl (C=O) groups is 1. The highest BCUT2D eigenvalue weighted by atomic mass is 32.1. The molecule has 20 heavy (non-hydrogen) atoms. The fourth-order valence-electron chi connectivity index (χ4n) is 2.67. The van der Waals surface area contributed by atoms with Crippen LogP contribution in [0, 0.1) is 5.92 Å². The molecule has 1 N–H and O–H groups in total. The smallest absolute Gasteiger partial charge is 0.271 e. The van der Waals surface area contributed by atoms with E-state index in [0.717, 1.165) is 17.0 Å². The molecule has 2 heterocycles. The molecule has 2 atom stereocenters. The molecular formula is C15H18N2OS2. The molecule has 0 radical (unpaired) electrons. The summed E-state index contributed by atoms with van der Waals surface area (Å²) in [5.41, 5.74) is 1.65. The number of aromatic nitrogens is 1. The summed E-state index contributed by atoms with van der Waals surface area (Å²) in [6, 6.07) is 2.34. The summed E-state index contributed by atoms with van der Waals surface area (Å²) in [4.78, 5) is 16.7. The molecular weight excluding hydrogens is 288 g/mol. The Morgan fingerprint density at radius 2 is 2.20 bits per heavy atom. The highest BCUT2D eigenvalue weighted by Crippen LogP contribution is 2.27. The van der Waals surface area contributed by atoms with E-state index in [0.29, 0.717) is 17.7 Å². The van der Waals surface area contributed by atoms with E-state index in [1.807, 2.05) is 16.8 Å². The molecule has 2 aromatic heterocycles. The summed E-state index contributed by atoms with van der Waals surface area (Å²) in [7, 11) is 0. The lowest BCUT2D eigenvalue weighted by atomic mass is 9.86. The van der Waals surface area contributed by atoms with Crippen LogP contribution in [-0.2, 0) is 0 Å². The topological polar surface area (TPSA) is 42.0 Å². The van der Waals surface area contributed by atoms with Crippen molar-refractivity contribution in [1.82, 2.24) is 10.3 Å². The van der Waals surface area contributed by atoms with Crippen LogP contribution in [-0.4, -0.2) is 16.9 Å². The second kappa shape index (κ2) is 6.06. The molecule has 0 aliphatic heterocycles. The molecule has 1 fully saturated rings. The first-order valence-electron chi connectivity index (χ1n) is 7.03. The van der Waals surface area contributed by atoms with Crippen LogP contribution < -0.4 is 5.32 Å². The van der Waals surface area contributed by atoms with Crippen molar-refractivity contribution in [3.8, 4) is 10.6 Å². The Balaban J connectivity index is 1.68. The van der Waals surface area contributed by atoms with Gasteiger partial charge in [0.2, 0.25) is 0 Å². The monoisotopic (exact) mass is 306 g/mol. The van der Waals surface area contributed by atoms with Crippen LogP contribution in [0.4, 0.5) is 0 Å². The molecule has 3 nitrogen and oxygen atoms in total. The molecule has 0 bridgehead atoms. The number of nitrogens with one attached hydrogen (secondary N) is 1. The Morgan fingerprint density at radius 1 is 1.35 bits per heavy atom. The lowest BCUT2D eigenvalue weighted by Gasteiger charge is -2.29. The average Bonchev–Trinajstić information content (AvgIpc) is 3.11. The van der Waals surface area contributed by atoms with Crippen molar-refractivity contribution >= 4 is 28.6 Å². The second-order valence-corrected chi connectivity index (χ2v) is 7.03. The van der Waals surface area contributed by atoms with Gasteiger partial charge in [-0.15, -0.1) is 11.3 Å². The van der Waals surface area contributed by atoms with Gasteiger partial charge >= 0.3 is 0 Å². The van der Waals surface area contributed by atoms with E-state index >= 15 is 0 Å². The van der Waals surface area contributed by atoms with E-state index in [4.69, 9.17) is 0 Å². The Hall–Kier alpha value is -1.20. The number of hydrogen-bond acceptors (Lipinski definition) is 4. The molecule has 106 valence electrons. The molecule has 3 rings (SSSR count). The first-order valence-corrected chi connectivity index (χ1v) is 8.85. The zero-order chi connectivity index (χ0) is 13.9. The summed E-state index contributed by atoms with van der Waals surface area (Å²) < 4.78 is 0. The fourth-order valence-corrected chi connectivity index (χ4v) is 4.18. The van der Waals surface area contributed by atoms with Gasteiger partial charge in [-0.1, -0.05) is 19.8 Å². The maximum atomic E-state index is 12.3. The number of carbonyl (C=O) groups excluding carboxylic acids is 1. The zero-order valence-corrected chi connectivity index (χ0v) is 13.1. The predicted molar refractivity (Wildman–Crippen MR) is 84.3 cm³/mol. The first-order chi connectivity index (χ1) is 9.74. The van der Waals surface area contributed by atoms with Crippen molar-refractivity contribution in [2.45, 2.75) is 38.6 Å². The average molecular weight is 306 g/mol. The lowest BCUT2D eigenvalue weighted by Crippen LogP contribution is -2.41. The number of thiophene rings is 1. The van der Waals surface area contributed by atoms with Gasteiger partial charge in [-0.2, -0.15) is 11.3 Å². The van der Waals surface area contributed by atoms with Crippen molar-refractivity contribution in [2.24, 2.45) is 5.92 Å². The predicted octanol–water partition coefficient (Wildman–Crippen LogP) is 4.18. The van der Waals surface area contributed by atoms with Gasteiger partial charge in [0.15, 0.2) is 0 Å². The molecule has 1 amide bonds. The third-order valence-electron chi connectivity index (χ3n) is 3.93. The Bertz CT molecular complexity index is 576. The minimum absolute atomic E-state index is 0.0264. The van der Waals surface area contributed by atoms with Crippen molar-refractivity contribution in [3.05, 3.63) is 27.9 Å². The molecule has 0 unspecified atom stereocenters. The van der Waals surface area contributed by atoms with Gasteiger partial charge in [-0.25, -0.2) is 4.98 Å². The van der Waals surface area contributed by atoms with Gasteiger partial charge < -0.3 is 5.32 Å². The van der Waals surface area contributed by atoms with Crippen LogP contribution in [0.15, 0.2) is 22.2 Å². The fraction of sp³-hybridized carbons (Fsp3) is 0.467. The molecule has 0 saturated heterocycles. The van der Waals surface area contributed by atoms with Crippen LogP contribution in [0.2, 0.25) is 0 Å².